The molecule has 9 heteroatoms. The molecule has 1 saturated carbocycles. The summed E-state index contributed by atoms with van der Waals surface area (Å²) in [4.78, 5) is 0. The second kappa shape index (κ2) is 5.77. The Kier molecular flexibility index (Phi) is 3.76. The summed E-state index contributed by atoms with van der Waals surface area (Å²) in [6.45, 7) is 0. The Hall–Kier alpha value is -2.48. The third-order valence-electron chi connectivity index (χ3n) is 4.34. The van der Waals surface area contributed by atoms with Crippen LogP contribution in [0.15, 0.2) is 30.5 Å². The van der Waals surface area contributed by atoms with Crippen LogP contribution in [0.1, 0.15) is 30.0 Å². The quantitative estimate of drug-likeness (QED) is 0.731. The first kappa shape index (κ1) is 17.0. The molecule has 1 aromatic carbocycles. The summed E-state index contributed by atoms with van der Waals surface area (Å²) in [5.41, 5.74) is 6.95. The number of nitrogen functional groups attached to an aromatic ring is 1. The van der Waals surface area contributed by atoms with Crippen LogP contribution in [-0.4, -0.2) is 19.6 Å². The topological polar surface area (TPSA) is 61.7 Å². The van der Waals surface area contributed by atoms with E-state index in [1.54, 1.807) is 24.0 Å². The molecule has 2 N–H and O–H groups in total. The Morgan fingerprint density at radius 1 is 1.19 bits per heavy atom. The molecule has 26 heavy (non-hydrogen) atoms. The van der Waals surface area contributed by atoms with Gasteiger partial charge in [-0.2, -0.15) is 28.1 Å². The number of benzene rings is 1. The Bertz CT molecular complexity index is 985. The summed E-state index contributed by atoms with van der Waals surface area (Å²) in [5, 5.41) is 8.82. The van der Waals surface area contributed by atoms with Gasteiger partial charge in [-0.15, -0.1) is 0 Å². The predicted octanol–water partition coefficient (Wildman–Crippen LogP) is 4.40. The molecule has 1 aliphatic carbocycles. The van der Waals surface area contributed by atoms with Crippen LogP contribution in [0.5, 0.6) is 0 Å². The van der Waals surface area contributed by atoms with Crippen LogP contribution in [0.2, 0.25) is 5.02 Å². The molecule has 0 bridgehead atoms. The molecule has 0 spiro atoms. The minimum atomic E-state index is -4.49. The molecule has 4 rings (SSSR count). The number of hydrogen-bond acceptors (Lipinski definition) is 3. The van der Waals surface area contributed by atoms with Gasteiger partial charge in [-0.1, -0.05) is 11.6 Å². The summed E-state index contributed by atoms with van der Waals surface area (Å²) in [7, 11) is 1.76. The van der Waals surface area contributed by atoms with Crippen molar-refractivity contribution in [3.05, 3.63) is 46.7 Å². The fourth-order valence-electron chi connectivity index (χ4n) is 2.98. The van der Waals surface area contributed by atoms with Crippen LogP contribution in [0, 0.1) is 0 Å². The molecule has 3 aromatic rings. The maximum atomic E-state index is 13.2. The number of hydrogen-bond donors (Lipinski definition) is 1. The molecule has 2 heterocycles. The smallest absolute Gasteiger partial charge is 0.383 e. The zero-order chi connectivity index (χ0) is 18.6. The van der Waals surface area contributed by atoms with Crippen LogP contribution >= 0.6 is 11.6 Å². The zero-order valence-electron chi connectivity index (χ0n) is 13.8. The average molecular weight is 382 g/mol. The van der Waals surface area contributed by atoms with Gasteiger partial charge in [-0.05, 0) is 36.6 Å². The number of halogens is 4. The van der Waals surface area contributed by atoms with Gasteiger partial charge in [0, 0.05) is 35.8 Å². The monoisotopic (exact) mass is 381 g/mol. The first-order valence-electron chi connectivity index (χ1n) is 8.00. The Morgan fingerprint density at radius 2 is 1.92 bits per heavy atom. The Balaban J connectivity index is 1.92. The average Bonchev–Trinajstić information content (AvgIpc) is 3.22. The molecule has 1 aliphatic rings. The Labute approximate surface area is 152 Å². The third kappa shape index (κ3) is 2.94. The maximum absolute atomic E-state index is 13.2. The highest BCUT2D eigenvalue weighted by atomic mass is 35.5. The lowest BCUT2D eigenvalue weighted by Crippen LogP contribution is -2.06. The van der Waals surface area contributed by atoms with Crippen molar-refractivity contribution in [1.29, 1.82) is 0 Å². The van der Waals surface area contributed by atoms with Gasteiger partial charge >= 0.3 is 6.18 Å². The highest BCUT2D eigenvalue weighted by Gasteiger charge is 2.35. The van der Waals surface area contributed by atoms with Gasteiger partial charge < -0.3 is 5.73 Å². The first-order valence-corrected chi connectivity index (χ1v) is 8.38. The molecule has 136 valence electrons. The molecule has 5 nitrogen and oxygen atoms in total. The van der Waals surface area contributed by atoms with Crippen LogP contribution in [0.3, 0.4) is 0 Å². The second-order valence-electron chi connectivity index (χ2n) is 6.41. The van der Waals surface area contributed by atoms with Gasteiger partial charge in [0.05, 0.1) is 11.3 Å². The first-order chi connectivity index (χ1) is 12.2. The van der Waals surface area contributed by atoms with Crippen molar-refractivity contribution in [3.63, 3.8) is 0 Å². The van der Waals surface area contributed by atoms with Gasteiger partial charge in [0.15, 0.2) is 5.82 Å². The summed E-state index contributed by atoms with van der Waals surface area (Å²) in [6, 6.07) is 5.19. The number of alkyl halides is 3. The predicted molar refractivity (Wildman–Crippen MR) is 92.2 cm³/mol. The Morgan fingerprint density at radius 3 is 2.50 bits per heavy atom. The number of rotatable bonds is 3. The zero-order valence-corrected chi connectivity index (χ0v) is 14.5. The molecule has 0 radical (unpaired) electrons. The van der Waals surface area contributed by atoms with E-state index in [2.05, 4.69) is 10.2 Å². The van der Waals surface area contributed by atoms with Crippen molar-refractivity contribution < 1.29 is 13.2 Å². The van der Waals surface area contributed by atoms with E-state index in [0.29, 0.717) is 22.6 Å². The summed E-state index contributed by atoms with van der Waals surface area (Å²) < 4.78 is 42.6. The van der Waals surface area contributed by atoms with Crippen LogP contribution < -0.4 is 5.73 Å². The minimum Gasteiger partial charge on any atom is -0.383 e. The second-order valence-corrected chi connectivity index (χ2v) is 6.84. The fraction of sp³-hybridized carbons (Fsp3) is 0.294. The van der Waals surface area contributed by atoms with Crippen LogP contribution in [0.4, 0.5) is 19.0 Å². The normalized spacial score (nSPS) is 14.8. The number of aromatic nitrogens is 4. The van der Waals surface area contributed by atoms with Gasteiger partial charge in [0.2, 0.25) is 0 Å². The van der Waals surface area contributed by atoms with E-state index in [-0.39, 0.29) is 16.8 Å². The van der Waals surface area contributed by atoms with Gasteiger partial charge in [-0.25, -0.2) is 0 Å². The van der Waals surface area contributed by atoms with E-state index in [1.807, 2.05) is 0 Å². The van der Waals surface area contributed by atoms with Crippen molar-refractivity contribution in [2.75, 3.05) is 5.73 Å². The van der Waals surface area contributed by atoms with Crippen molar-refractivity contribution in [2.24, 2.45) is 7.05 Å². The summed E-state index contributed by atoms with van der Waals surface area (Å²) in [5.74, 6) is 0.947. The molecule has 0 aliphatic heterocycles. The van der Waals surface area contributed by atoms with E-state index in [4.69, 9.17) is 17.3 Å². The minimum absolute atomic E-state index is 0.00144. The maximum Gasteiger partial charge on any atom is 0.416 e. The number of nitrogens with two attached hydrogens (primary N) is 1. The highest BCUT2D eigenvalue weighted by molar-refractivity contribution is 6.31. The molecular weight excluding hydrogens is 367 g/mol. The number of nitrogens with zero attached hydrogens (tertiary/aromatic N) is 4. The molecular formula is C17H15ClF3N5. The molecule has 0 saturated heterocycles. The van der Waals surface area contributed by atoms with E-state index < -0.39 is 11.7 Å². The van der Waals surface area contributed by atoms with Gasteiger partial charge in [0.1, 0.15) is 5.82 Å². The lowest BCUT2D eigenvalue weighted by molar-refractivity contribution is -0.137. The number of aryl methyl sites for hydroxylation is 1. The molecule has 1 fully saturated rings. The molecule has 2 aromatic heterocycles. The fourth-order valence-corrected chi connectivity index (χ4v) is 3.21. The van der Waals surface area contributed by atoms with Crippen LogP contribution in [-0.2, 0) is 13.2 Å². The highest BCUT2D eigenvalue weighted by Crippen LogP contribution is 2.47. The molecule has 0 amide bonds. The summed E-state index contributed by atoms with van der Waals surface area (Å²) in [6.07, 6.45) is -0.893. The number of anilines is 1. The molecule has 0 atom stereocenters. The van der Waals surface area contributed by atoms with Crippen molar-refractivity contribution in [2.45, 2.75) is 24.9 Å². The SMILES string of the molecule is Cn1ccc(-n2nc(C3CC3)c(-c3cc(Cl)cc(C(F)(F)F)c3)c2N)n1. The van der Waals surface area contributed by atoms with Crippen molar-refractivity contribution >= 4 is 17.4 Å². The lowest BCUT2D eigenvalue weighted by atomic mass is 10.0. The van der Waals surface area contributed by atoms with Crippen molar-refractivity contribution in [3.8, 4) is 16.9 Å². The lowest BCUT2D eigenvalue weighted by Gasteiger charge is -2.11. The van der Waals surface area contributed by atoms with Crippen LogP contribution in [0.25, 0.3) is 16.9 Å². The van der Waals surface area contributed by atoms with E-state index in [1.165, 1.54) is 10.7 Å². The van der Waals surface area contributed by atoms with Gasteiger partial charge in [0.25, 0.3) is 0 Å². The van der Waals surface area contributed by atoms with E-state index in [0.717, 1.165) is 25.0 Å². The van der Waals surface area contributed by atoms with Gasteiger partial charge in [-0.3, -0.25) is 4.68 Å². The van der Waals surface area contributed by atoms with E-state index in [9.17, 15) is 13.2 Å². The largest absolute Gasteiger partial charge is 0.416 e. The van der Waals surface area contributed by atoms with Crippen molar-refractivity contribution in [1.82, 2.24) is 19.6 Å². The summed E-state index contributed by atoms with van der Waals surface area (Å²) >= 11 is 5.95. The standard InChI is InChI=1S/C17H15ClF3N5/c1-25-5-4-13(23-25)26-16(22)14(15(24-26)9-2-3-9)10-6-11(17(19,20)21)8-12(18)7-10/h4-9H,2-3,22H2,1H3. The van der Waals surface area contributed by atoms with E-state index >= 15 is 0 Å². The molecule has 0 unspecified atom stereocenters. The third-order valence-corrected chi connectivity index (χ3v) is 4.56.